The van der Waals surface area contributed by atoms with Crippen molar-refractivity contribution >= 4 is 16.7 Å². The van der Waals surface area contributed by atoms with E-state index in [2.05, 4.69) is 38.4 Å². The summed E-state index contributed by atoms with van der Waals surface area (Å²) in [4.78, 5) is 11.3. The molecule has 1 aliphatic rings. The Bertz CT molecular complexity index is 868. The number of para-hydroxylation sites is 1. The van der Waals surface area contributed by atoms with Gasteiger partial charge in [-0.05, 0) is 61.7 Å². The van der Waals surface area contributed by atoms with Gasteiger partial charge in [0.2, 0.25) is 0 Å². The van der Waals surface area contributed by atoms with Gasteiger partial charge in [0.25, 0.3) is 0 Å². The lowest BCUT2D eigenvalue weighted by atomic mass is 9.96. The van der Waals surface area contributed by atoms with Crippen LogP contribution in [0.15, 0.2) is 54.9 Å². The molecule has 1 aromatic heterocycles. The number of anilines is 1. The molecule has 0 radical (unpaired) electrons. The minimum Gasteiger partial charge on any atom is -0.497 e. The summed E-state index contributed by atoms with van der Waals surface area (Å²) < 4.78 is 5.23. The topological polar surface area (TPSA) is 50.3 Å². The van der Waals surface area contributed by atoms with E-state index in [0.717, 1.165) is 48.6 Å². The fourth-order valence-electron chi connectivity index (χ4n) is 3.72. The van der Waals surface area contributed by atoms with E-state index < -0.39 is 0 Å². The summed E-state index contributed by atoms with van der Waals surface area (Å²) >= 11 is 0. The Morgan fingerprint density at radius 1 is 1.04 bits per heavy atom. The van der Waals surface area contributed by atoms with Crippen LogP contribution in [0.3, 0.4) is 0 Å². The van der Waals surface area contributed by atoms with Gasteiger partial charge in [0.15, 0.2) is 0 Å². The maximum absolute atomic E-state index is 5.23. The molecule has 5 heteroatoms. The normalized spacial score (nSPS) is 15.7. The third-order valence-corrected chi connectivity index (χ3v) is 5.37. The van der Waals surface area contributed by atoms with Crippen molar-refractivity contribution in [2.24, 2.45) is 5.92 Å². The van der Waals surface area contributed by atoms with Crippen molar-refractivity contribution in [3.8, 4) is 5.75 Å². The molecule has 140 valence electrons. The highest BCUT2D eigenvalue weighted by Gasteiger charge is 2.19. The maximum Gasteiger partial charge on any atom is 0.137 e. The molecule has 0 amide bonds. The monoisotopic (exact) mass is 362 g/mol. The van der Waals surface area contributed by atoms with Crippen LogP contribution in [0.5, 0.6) is 5.75 Å². The first-order chi connectivity index (χ1) is 13.3. The Labute approximate surface area is 160 Å². The summed E-state index contributed by atoms with van der Waals surface area (Å²) in [5.41, 5.74) is 2.34. The summed E-state index contributed by atoms with van der Waals surface area (Å²) in [6.07, 6.45) is 4.07. The van der Waals surface area contributed by atoms with Crippen LogP contribution in [0.1, 0.15) is 18.4 Å². The van der Waals surface area contributed by atoms with Gasteiger partial charge in [-0.3, -0.25) is 4.90 Å². The molecular formula is C22H26N4O. The standard InChI is InChI=1S/C22H26N4O/c1-27-19-8-6-18(7-9-19)15-26-12-10-17(11-13-26)14-23-22-20-4-2-3-5-21(20)24-16-25-22/h2-9,16-17H,10-15H2,1H3,(H,23,24,25). The van der Waals surface area contributed by atoms with E-state index in [4.69, 9.17) is 4.74 Å². The largest absolute Gasteiger partial charge is 0.497 e. The average Bonchev–Trinajstić information content (AvgIpc) is 2.74. The minimum absolute atomic E-state index is 0.686. The van der Waals surface area contributed by atoms with Gasteiger partial charge in [-0.2, -0.15) is 0 Å². The fourth-order valence-corrected chi connectivity index (χ4v) is 3.72. The fraction of sp³-hybridized carbons (Fsp3) is 0.364. The summed E-state index contributed by atoms with van der Waals surface area (Å²) in [5, 5.41) is 4.65. The molecule has 1 saturated heterocycles. The number of ether oxygens (including phenoxy) is 1. The highest BCUT2D eigenvalue weighted by atomic mass is 16.5. The summed E-state index contributed by atoms with van der Waals surface area (Å²) in [6, 6.07) is 16.6. The molecule has 0 saturated carbocycles. The van der Waals surface area contributed by atoms with Crippen molar-refractivity contribution in [3.63, 3.8) is 0 Å². The lowest BCUT2D eigenvalue weighted by Crippen LogP contribution is -2.35. The van der Waals surface area contributed by atoms with Crippen molar-refractivity contribution in [1.82, 2.24) is 14.9 Å². The van der Waals surface area contributed by atoms with Gasteiger partial charge in [-0.15, -0.1) is 0 Å². The lowest BCUT2D eigenvalue weighted by molar-refractivity contribution is 0.182. The molecule has 0 aliphatic carbocycles. The number of fused-ring (bicyclic) bond motifs is 1. The number of methoxy groups -OCH3 is 1. The summed E-state index contributed by atoms with van der Waals surface area (Å²) in [5.74, 6) is 2.55. The van der Waals surface area contributed by atoms with Crippen LogP contribution in [0.4, 0.5) is 5.82 Å². The molecule has 3 aromatic rings. The van der Waals surface area contributed by atoms with Gasteiger partial charge in [-0.1, -0.05) is 24.3 Å². The van der Waals surface area contributed by atoms with Crippen LogP contribution in [-0.4, -0.2) is 41.6 Å². The quantitative estimate of drug-likeness (QED) is 0.719. The number of hydrogen-bond donors (Lipinski definition) is 1. The number of likely N-dealkylation sites (tertiary alicyclic amines) is 1. The maximum atomic E-state index is 5.23. The molecule has 1 aliphatic heterocycles. The molecule has 0 bridgehead atoms. The molecule has 0 unspecified atom stereocenters. The zero-order valence-corrected chi connectivity index (χ0v) is 15.8. The molecule has 0 atom stereocenters. The van der Waals surface area contributed by atoms with E-state index in [1.54, 1.807) is 13.4 Å². The highest BCUT2D eigenvalue weighted by Crippen LogP contribution is 2.23. The van der Waals surface area contributed by atoms with E-state index in [1.807, 2.05) is 30.3 Å². The first-order valence-electron chi connectivity index (χ1n) is 9.61. The zero-order valence-electron chi connectivity index (χ0n) is 15.8. The average molecular weight is 362 g/mol. The van der Waals surface area contributed by atoms with E-state index in [9.17, 15) is 0 Å². The molecule has 2 heterocycles. The molecule has 27 heavy (non-hydrogen) atoms. The second-order valence-corrected chi connectivity index (χ2v) is 7.19. The van der Waals surface area contributed by atoms with Crippen LogP contribution in [0.2, 0.25) is 0 Å². The van der Waals surface area contributed by atoms with Crippen molar-refractivity contribution < 1.29 is 4.74 Å². The summed E-state index contributed by atoms with van der Waals surface area (Å²) in [7, 11) is 1.71. The SMILES string of the molecule is COc1ccc(CN2CCC(CNc3ncnc4ccccc34)CC2)cc1. The first kappa shape index (κ1) is 17.7. The Balaban J connectivity index is 1.28. The number of piperidine rings is 1. The van der Waals surface area contributed by atoms with Gasteiger partial charge >= 0.3 is 0 Å². The van der Waals surface area contributed by atoms with Crippen molar-refractivity contribution in [2.75, 3.05) is 32.1 Å². The number of benzene rings is 2. The van der Waals surface area contributed by atoms with Crippen LogP contribution < -0.4 is 10.1 Å². The first-order valence-corrected chi connectivity index (χ1v) is 9.61. The number of hydrogen-bond acceptors (Lipinski definition) is 5. The van der Waals surface area contributed by atoms with E-state index in [0.29, 0.717) is 5.92 Å². The Morgan fingerprint density at radius 2 is 1.81 bits per heavy atom. The van der Waals surface area contributed by atoms with Gasteiger partial charge in [0.1, 0.15) is 17.9 Å². The Kier molecular flexibility index (Phi) is 5.49. The molecule has 4 rings (SSSR count). The van der Waals surface area contributed by atoms with Crippen LogP contribution >= 0.6 is 0 Å². The van der Waals surface area contributed by atoms with Crippen molar-refractivity contribution in [2.45, 2.75) is 19.4 Å². The predicted octanol–water partition coefficient (Wildman–Crippen LogP) is 3.96. The van der Waals surface area contributed by atoms with Gasteiger partial charge in [0.05, 0.1) is 12.6 Å². The molecule has 5 nitrogen and oxygen atoms in total. The lowest BCUT2D eigenvalue weighted by Gasteiger charge is -2.32. The Hall–Kier alpha value is -2.66. The van der Waals surface area contributed by atoms with Crippen LogP contribution in [-0.2, 0) is 6.54 Å². The molecular weight excluding hydrogens is 336 g/mol. The number of nitrogens with zero attached hydrogens (tertiary/aromatic N) is 3. The van der Waals surface area contributed by atoms with Gasteiger partial charge in [0, 0.05) is 18.5 Å². The Morgan fingerprint density at radius 3 is 2.59 bits per heavy atom. The molecule has 0 spiro atoms. The van der Waals surface area contributed by atoms with Crippen molar-refractivity contribution in [3.05, 3.63) is 60.4 Å². The third-order valence-electron chi connectivity index (χ3n) is 5.37. The molecule has 1 N–H and O–H groups in total. The summed E-state index contributed by atoms with van der Waals surface area (Å²) in [6.45, 7) is 4.27. The number of aromatic nitrogens is 2. The smallest absolute Gasteiger partial charge is 0.137 e. The van der Waals surface area contributed by atoms with Crippen LogP contribution in [0.25, 0.3) is 10.9 Å². The molecule has 2 aromatic carbocycles. The van der Waals surface area contributed by atoms with Crippen LogP contribution in [0, 0.1) is 5.92 Å². The van der Waals surface area contributed by atoms with Gasteiger partial charge in [-0.25, -0.2) is 9.97 Å². The van der Waals surface area contributed by atoms with Crippen molar-refractivity contribution in [1.29, 1.82) is 0 Å². The highest BCUT2D eigenvalue weighted by molar-refractivity contribution is 5.88. The molecule has 1 fully saturated rings. The number of rotatable bonds is 6. The third kappa shape index (κ3) is 4.37. The number of nitrogens with one attached hydrogen (secondary N) is 1. The van der Waals surface area contributed by atoms with E-state index in [-0.39, 0.29) is 0 Å². The van der Waals surface area contributed by atoms with Gasteiger partial charge < -0.3 is 10.1 Å². The van der Waals surface area contributed by atoms with E-state index in [1.165, 1.54) is 18.4 Å². The minimum atomic E-state index is 0.686. The van der Waals surface area contributed by atoms with E-state index >= 15 is 0 Å². The zero-order chi connectivity index (χ0) is 18.5. The second-order valence-electron chi connectivity index (χ2n) is 7.19. The second kappa shape index (κ2) is 8.35. The predicted molar refractivity (Wildman–Crippen MR) is 109 cm³/mol.